The lowest BCUT2D eigenvalue weighted by Crippen LogP contribution is -2.42. The molecule has 0 aliphatic heterocycles. The van der Waals surface area contributed by atoms with Crippen molar-refractivity contribution in [2.75, 3.05) is 5.43 Å². The lowest BCUT2D eigenvalue weighted by molar-refractivity contribution is 0.507. The number of aromatic nitrogens is 4. The largest absolute Gasteiger partial charge is 0.318 e. The minimum Gasteiger partial charge on any atom is -0.303 e. The van der Waals surface area contributed by atoms with Crippen molar-refractivity contribution in [3.05, 3.63) is 49.3 Å². The molecular formula is C17H18N6O2S. The van der Waals surface area contributed by atoms with E-state index in [1.54, 1.807) is 35.4 Å². The van der Waals surface area contributed by atoms with Gasteiger partial charge in [-0.3, -0.25) is 14.2 Å². The SMILES string of the molecule is Cn1c(=O)c(=O)n(C2CCCC2)c2nc(NN=Cc3cccs3)ncc21. The number of aryl methyl sites for hydroxylation is 1. The first kappa shape index (κ1) is 16.6. The van der Waals surface area contributed by atoms with Crippen LogP contribution in [0.4, 0.5) is 5.95 Å². The zero-order valence-electron chi connectivity index (χ0n) is 14.3. The van der Waals surface area contributed by atoms with E-state index in [1.807, 2.05) is 17.5 Å². The molecule has 9 heteroatoms. The van der Waals surface area contributed by atoms with Gasteiger partial charge >= 0.3 is 11.1 Å². The van der Waals surface area contributed by atoms with Gasteiger partial charge in [0.05, 0.1) is 12.4 Å². The van der Waals surface area contributed by atoms with E-state index in [0.717, 1.165) is 30.6 Å². The molecule has 0 spiro atoms. The fourth-order valence-corrected chi connectivity index (χ4v) is 3.89. The molecule has 0 radical (unpaired) electrons. The van der Waals surface area contributed by atoms with Crippen molar-refractivity contribution in [3.63, 3.8) is 0 Å². The molecule has 1 N–H and O–H groups in total. The summed E-state index contributed by atoms with van der Waals surface area (Å²) in [4.78, 5) is 34.6. The Hall–Kier alpha value is -2.81. The molecular weight excluding hydrogens is 352 g/mol. The number of rotatable bonds is 4. The predicted molar refractivity (Wildman–Crippen MR) is 102 cm³/mol. The van der Waals surface area contributed by atoms with Crippen LogP contribution in [-0.2, 0) is 7.05 Å². The predicted octanol–water partition coefficient (Wildman–Crippen LogP) is 2.11. The summed E-state index contributed by atoms with van der Waals surface area (Å²) in [6, 6.07) is 3.90. The van der Waals surface area contributed by atoms with Crippen molar-refractivity contribution in [1.29, 1.82) is 0 Å². The third-order valence-electron chi connectivity index (χ3n) is 4.64. The van der Waals surface area contributed by atoms with Crippen molar-refractivity contribution >= 4 is 34.7 Å². The fourth-order valence-electron chi connectivity index (χ4n) is 3.31. The van der Waals surface area contributed by atoms with Gasteiger partial charge < -0.3 is 4.57 Å². The monoisotopic (exact) mass is 370 g/mol. The maximum Gasteiger partial charge on any atom is 0.318 e. The van der Waals surface area contributed by atoms with Gasteiger partial charge in [-0.25, -0.2) is 10.4 Å². The molecule has 0 saturated heterocycles. The molecule has 1 saturated carbocycles. The fraction of sp³-hybridized carbons (Fsp3) is 0.353. The van der Waals surface area contributed by atoms with Crippen LogP contribution in [0.3, 0.4) is 0 Å². The first-order chi connectivity index (χ1) is 12.6. The Morgan fingerprint density at radius 1 is 1.31 bits per heavy atom. The third-order valence-corrected chi connectivity index (χ3v) is 5.44. The summed E-state index contributed by atoms with van der Waals surface area (Å²) in [5.74, 6) is 0.287. The summed E-state index contributed by atoms with van der Waals surface area (Å²) in [6.45, 7) is 0. The number of fused-ring (bicyclic) bond motifs is 1. The van der Waals surface area contributed by atoms with Crippen LogP contribution in [0.5, 0.6) is 0 Å². The van der Waals surface area contributed by atoms with Gasteiger partial charge in [0, 0.05) is 18.0 Å². The van der Waals surface area contributed by atoms with E-state index in [0.29, 0.717) is 11.2 Å². The molecule has 26 heavy (non-hydrogen) atoms. The Morgan fingerprint density at radius 2 is 2.12 bits per heavy atom. The summed E-state index contributed by atoms with van der Waals surface area (Å²) in [5.41, 5.74) is 2.72. The number of nitrogens with zero attached hydrogens (tertiary/aromatic N) is 5. The van der Waals surface area contributed by atoms with Gasteiger partial charge in [0.1, 0.15) is 5.52 Å². The van der Waals surface area contributed by atoms with Gasteiger partial charge in [0.2, 0.25) is 5.95 Å². The highest BCUT2D eigenvalue weighted by Gasteiger charge is 2.23. The molecule has 1 aliphatic rings. The Bertz CT molecular complexity index is 1080. The maximum atomic E-state index is 12.6. The van der Waals surface area contributed by atoms with Gasteiger partial charge in [-0.05, 0) is 24.3 Å². The highest BCUT2D eigenvalue weighted by molar-refractivity contribution is 7.11. The van der Waals surface area contributed by atoms with E-state index in [-0.39, 0.29) is 12.0 Å². The molecule has 3 aromatic rings. The molecule has 0 unspecified atom stereocenters. The van der Waals surface area contributed by atoms with Gasteiger partial charge in [-0.15, -0.1) is 11.3 Å². The maximum absolute atomic E-state index is 12.6. The van der Waals surface area contributed by atoms with Gasteiger partial charge in [-0.1, -0.05) is 18.9 Å². The summed E-state index contributed by atoms with van der Waals surface area (Å²) in [5, 5.41) is 6.10. The Kier molecular flexibility index (Phi) is 4.37. The number of hydrazone groups is 1. The van der Waals surface area contributed by atoms with Crippen molar-refractivity contribution < 1.29 is 0 Å². The summed E-state index contributed by atoms with van der Waals surface area (Å²) in [7, 11) is 1.57. The highest BCUT2D eigenvalue weighted by Crippen LogP contribution is 2.29. The van der Waals surface area contributed by atoms with E-state index >= 15 is 0 Å². The molecule has 4 rings (SSSR count). The molecule has 8 nitrogen and oxygen atoms in total. The van der Waals surface area contributed by atoms with E-state index < -0.39 is 11.1 Å². The highest BCUT2D eigenvalue weighted by atomic mass is 32.1. The Labute approximate surface area is 152 Å². The zero-order chi connectivity index (χ0) is 18.1. The average molecular weight is 370 g/mol. The van der Waals surface area contributed by atoms with Crippen LogP contribution in [-0.4, -0.2) is 25.3 Å². The second-order valence-corrected chi connectivity index (χ2v) is 7.24. The van der Waals surface area contributed by atoms with Crippen LogP contribution in [0.15, 0.2) is 38.4 Å². The molecule has 0 aromatic carbocycles. The molecule has 0 atom stereocenters. The topological polar surface area (TPSA) is 94.2 Å². The van der Waals surface area contributed by atoms with Crippen LogP contribution in [0.2, 0.25) is 0 Å². The second-order valence-electron chi connectivity index (χ2n) is 6.27. The van der Waals surface area contributed by atoms with Crippen molar-refractivity contribution in [1.82, 2.24) is 19.1 Å². The smallest absolute Gasteiger partial charge is 0.303 e. The number of hydrogen-bond acceptors (Lipinski definition) is 7. The number of nitrogens with one attached hydrogen (secondary N) is 1. The Balaban J connectivity index is 1.78. The molecule has 1 aliphatic carbocycles. The lowest BCUT2D eigenvalue weighted by Gasteiger charge is -2.17. The van der Waals surface area contributed by atoms with E-state index in [9.17, 15) is 9.59 Å². The van der Waals surface area contributed by atoms with Crippen LogP contribution < -0.4 is 16.5 Å². The summed E-state index contributed by atoms with van der Waals surface area (Å²) < 4.78 is 2.85. The average Bonchev–Trinajstić information content (AvgIpc) is 3.34. The van der Waals surface area contributed by atoms with Gasteiger partial charge in [0.25, 0.3) is 0 Å². The molecule has 1 fully saturated rings. The Morgan fingerprint density at radius 3 is 2.85 bits per heavy atom. The molecule has 0 bridgehead atoms. The summed E-state index contributed by atoms with van der Waals surface area (Å²) in [6.07, 6.45) is 7.10. The lowest BCUT2D eigenvalue weighted by atomic mass is 10.2. The molecule has 3 heterocycles. The molecule has 134 valence electrons. The third kappa shape index (κ3) is 2.94. The summed E-state index contributed by atoms with van der Waals surface area (Å²) >= 11 is 1.57. The van der Waals surface area contributed by atoms with Gasteiger partial charge in [0.15, 0.2) is 5.65 Å². The van der Waals surface area contributed by atoms with Crippen molar-refractivity contribution in [2.45, 2.75) is 31.7 Å². The van der Waals surface area contributed by atoms with Gasteiger partial charge in [-0.2, -0.15) is 10.1 Å². The van der Waals surface area contributed by atoms with E-state index in [4.69, 9.17) is 0 Å². The number of hydrogen-bond donors (Lipinski definition) is 1. The van der Waals surface area contributed by atoms with Crippen LogP contribution in [0.1, 0.15) is 36.6 Å². The second kappa shape index (κ2) is 6.83. The van der Waals surface area contributed by atoms with Crippen molar-refractivity contribution in [3.8, 4) is 0 Å². The number of thiophene rings is 1. The molecule has 0 amide bonds. The normalized spacial score (nSPS) is 15.3. The zero-order valence-corrected chi connectivity index (χ0v) is 15.1. The van der Waals surface area contributed by atoms with E-state index in [2.05, 4.69) is 20.5 Å². The number of anilines is 1. The first-order valence-corrected chi connectivity index (χ1v) is 9.34. The quantitative estimate of drug-likeness (QED) is 0.431. The molecule has 3 aromatic heterocycles. The van der Waals surface area contributed by atoms with E-state index in [1.165, 1.54) is 4.57 Å². The first-order valence-electron chi connectivity index (χ1n) is 8.46. The van der Waals surface area contributed by atoms with Crippen LogP contribution in [0.25, 0.3) is 11.2 Å². The van der Waals surface area contributed by atoms with Crippen LogP contribution in [0, 0.1) is 0 Å². The standard InChI is InChI=1S/C17H18N6O2S/c1-22-13-10-18-17(21-19-9-12-7-4-8-26-12)20-14(13)23(16(25)15(22)24)11-5-2-3-6-11/h4,7-11H,2-3,5-6H2,1H3,(H,18,20,21). The minimum absolute atomic E-state index is 0.0104. The minimum atomic E-state index is -0.551. The van der Waals surface area contributed by atoms with Crippen LogP contribution >= 0.6 is 11.3 Å². The van der Waals surface area contributed by atoms with Crippen molar-refractivity contribution in [2.24, 2.45) is 12.1 Å².